The lowest BCUT2D eigenvalue weighted by Gasteiger charge is -2.00. The van der Waals surface area contributed by atoms with Gasteiger partial charge in [0.2, 0.25) is 0 Å². The third-order valence-electron chi connectivity index (χ3n) is 1.24. The maximum absolute atomic E-state index is 12.0. The molecule has 0 fully saturated rings. The molecular formula is C11H21F2N. The number of hydrogen-bond acceptors (Lipinski definition) is 1. The van der Waals surface area contributed by atoms with Gasteiger partial charge in [-0.25, -0.2) is 8.78 Å². The van der Waals surface area contributed by atoms with Gasteiger partial charge >= 0.3 is 0 Å². The number of halogens is 2. The van der Waals surface area contributed by atoms with Gasteiger partial charge in [-0.3, -0.25) is 4.99 Å². The molecule has 3 heteroatoms. The maximum Gasteiger partial charge on any atom is 0.276 e. The van der Waals surface area contributed by atoms with E-state index in [1.165, 1.54) is 6.92 Å². The van der Waals surface area contributed by atoms with Crippen molar-refractivity contribution in [3.8, 4) is 0 Å². The molecule has 0 aromatic rings. The Morgan fingerprint density at radius 3 is 1.86 bits per heavy atom. The fourth-order valence-electron chi connectivity index (χ4n) is 0.847. The first-order chi connectivity index (χ1) is 6.43. The SMILES string of the molecule is CC.CC(=N/C(C)=C\C(C)C)C(F)F. The highest BCUT2D eigenvalue weighted by Gasteiger charge is 2.05. The van der Waals surface area contributed by atoms with E-state index >= 15 is 0 Å². The van der Waals surface area contributed by atoms with Gasteiger partial charge in [0.15, 0.2) is 0 Å². The Kier molecular flexibility index (Phi) is 9.94. The second kappa shape index (κ2) is 8.85. The molecule has 0 N–H and O–H groups in total. The number of hydrogen-bond donors (Lipinski definition) is 0. The van der Waals surface area contributed by atoms with Crippen molar-refractivity contribution in [2.75, 3.05) is 0 Å². The average molecular weight is 205 g/mol. The Balaban J connectivity index is 0. The molecule has 0 unspecified atom stereocenters. The molecule has 0 aromatic carbocycles. The summed E-state index contributed by atoms with van der Waals surface area (Å²) in [4.78, 5) is 3.74. The minimum atomic E-state index is -2.44. The molecule has 1 nitrogen and oxygen atoms in total. The van der Waals surface area contributed by atoms with Crippen molar-refractivity contribution >= 4 is 5.71 Å². The molecule has 0 spiro atoms. The van der Waals surface area contributed by atoms with E-state index in [0.717, 1.165) is 0 Å². The lowest BCUT2D eigenvalue weighted by atomic mass is 10.2. The summed E-state index contributed by atoms with van der Waals surface area (Å²) in [5.74, 6) is 0.347. The Hall–Kier alpha value is -0.730. The Morgan fingerprint density at radius 1 is 1.14 bits per heavy atom. The van der Waals surface area contributed by atoms with Gasteiger partial charge in [-0.15, -0.1) is 0 Å². The average Bonchev–Trinajstić information content (AvgIpc) is 2.05. The molecular weight excluding hydrogens is 184 g/mol. The van der Waals surface area contributed by atoms with Crippen LogP contribution in [0.25, 0.3) is 0 Å². The first-order valence-corrected chi connectivity index (χ1v) is 4.95. The Labute approximate surface area is 85.9 Å². The Bertz CT molecular complexity index is 193. The normalized spacial score (nSPS) is 13.0. The van der Waals surface area contributed by atoms with Crippen LogP contribution < -0.4 is 0 Å². The van der Waals surface area contributed by atoms with E-state index in [0.29, 0.717) is 11.6 Å². The van der Waals surface area contributed by atoms with Crippen molar-refractivity contribution in [2.24, 2.45) is 10.9 Å². The summed E-state index contributed by atoms with van der Waals surface area (Å²) in [6.45, 7) is 11.0. The molecule has 84 valence electrons. The smallest absolute Gasteiger partial charge is 0.257 e. The zero-order valence-corrected chi connectivity index (χ0v) is 9.94. The van der Waals surface area contributed by atoms with Crippen LogP contribution in [-0.4, -0.2) is 12.1 Å². The van der Waals surface area contributed by atoms with Crippen LogP contribution in [0.2, 0.25) is 0 Å². The van der Waals surface area contributed by atoms with Crippen molar-refractivity contribution in [1.29, 1.82) is 0 Å². The fraction of sp³-hybridized carbons (Fsp3) is 0.727. The standard InChI is InChI=1S/C9H15F2N.C2H6/c1-6(2)5-7(3)12-8(4)9(10)11;1-2/h5-6,9H,1-4H3;1-2H3/b7-5-,12-8?;. The maximum atomic E-state index is 12.0. The van der Waals surface area contributed by atoms with Crippen molar-refractivity contribution in [1.82, 2.24) is 0 Å². The van der Waals surface area contributed by atoms with E-state index in [-0.39, 0.29) is 5.71 Å². The van der Waals surface area contributed by atoms with Crippen LogP contribution in [0, 0.1) is 5.92 Å². The molecule has 0 rings (SSSR count). The minimum absolute atomic E-state index is 0.121. The number of aliphatic imine (C=N–C) groups is 1. The second-order valence-electron chi connectivity index (χ2n) is 3.11. The summed E-state index contributed by atoms with van der Waals surface area (Å²) < 4.78 is 23.9. The third kappa shape index (κ3) is 9.36. The zero-order chi connectivity index (χ0) is 11.7. The monoisotopic (exact) mass is 205 g/mol. The molecule has 0 radical (unpaired) electrons. The fourth-order valence-corrected chi connectivity index (χ4v) is 0.847. The highest BCUT2D eigenvalue weighted by molar-refractivity contribution is 5.85. The molecule has 0 aromatic heterocycles. The molecule has 0 amide bonds. The van der Waals surface area contributed by atoms with Gasteiger partial charge in [0.05, 0.1) is 5.71 Å². The molecule has 0 bridgehead atoms. The van der Waals surface area contributed by atoms with E-state index < -0.39 is 6.43 Å². The number of nitrogens with zero attached hydrogens (tertiary/aromatic N) is 1. The summed E-state index contributed by atoms with van der Waals surface area (Å²) in [6.07, 6.45) is -0.591. The lowest BCUT2D eigenvalue weighted by molar-refractivity contribution is 0.225. The predicted molar refractivity (Wildman–Crippen MR) is 59.1 cm³/mol. The summed E-state index contributed by atoms with van der Waals surface area (Å²) in [5.41, 5.74) is 0.534. The van der Waals surface area contributed by atoms with E-state index in [1.807, 2.05) is 33.8 Å². The topological polar surface area (TPSA) is 12.4 Å². The van der Waals surface area contributed by atoms with E-state index in [4.69, 9.17) is 0 Å². The van der Waals surface area contributed by atoms with Crippen molar-refractivity contribution in [3.05, 3.63) is 11.8 Å². The van der Waals surface area contributed by atoms with Gasteiger partial charge in [-0.2, -0.15) is 0 Å². The molecule has 0 saturated carbocycles. The van der Waals surface area contributed by atoms with Crippen LogP contribution >= 0.6 is 0 Å². The zero-order valence-electron chi connectivity index (χ0n) is 9.94. The highest BCUT2D eigenvalue weighted by atomic mass is 19.3. The second-order valence-corrected chi connectivity index (χ2v) is 3.11. The van der Waals surface area contributed by atoms with Crippen LogP contribution in [0.5, 0.6) is 0 Å². The minimum Gasteiger partial charge on any atom is -0.257 e. The van der Waals surface area contributed by atoms with Crippen molar-refractivity contribution in [3.63, 3.8) is 0 Å². The number of allylic oxidation sites excluding steroid dienone is 2. The predicted octanol–water partition coefficient (Wildman–Crippen LogP) is 4.30. The summed E-state index contributed by atoms with van der Waals surface area (Å²) in [6, 6.07) is 0. The van der Waals surface area contributed by atoms with Gasteiger partial charge in [-0.05, 0) is 19.8 Å². The molecule has 0 atom stereocenters. The molecule has 0 saturated heterocycles. The van der Waals surface area contributed by atoms with Crippen LogP contribution in [0.1, 0.15) is 41.5 Å². The van der Waals surface area contributed by atoms with Crippen LogP contribution in [0.15, 0.2) is 16.8 Å². The first kappa shape index (κ1) is 15.7. The van der Waals surface area contributed by atoms with Crippen LogP contribution in [0.3, 0.4) is 0 Å². The summed E-state index contributed by atoms with van der Waals surface area (Å²) in [5, 5.41) is 0. The molecule has 0 heterocycles. The molecule has 0 aliphatic carbocycles. The van der Waals surface area contributed by atoms with E-state index in [1.54, 1.807) is 6.92 Å². The number of alkyl halides is 2. The summed E-state index contributed by atoms with van der Waals surface area (Å²) in [7, 11) is 0. The van der Waals surface area contributed by atoms with Gasteiger partial charge in [-0.1, -0.05) is 33.8 Å². The molecule has 0 aliphatic rings. The van der Waals surface area contributed by atoms with E-state index in [9.17, 15) is 8.78 Å². The van der Waals surface area contributed by atoms with Crippen molar-refractivity contribution in [2.45, 2.75) is 48.0 Å². The third-order valence-corrected chi connectivity index (χ3v) is 1.24. The molecule has 14 heavy (non-hydrogen) atoms. The summed E-state index contributed by atoms with van der Waals surface area (Å²) >= 11 is 0. The van der Waals surface area contributed by atoms with Crippen LogP contribution in [0.4, 0.5) is 8.78 Å². The van der Waals surface area contributed by atoms with Crippen LogP contribution in [-0.2, 0) is 0 Å². The highest BCUT2D eigenvalue weighted by Crippen LogP contribution is 2.05. The largest absolute Gasteiger partial charge is 0.276 e. The quantitative estimate of drug-likeness (QED) is 0.609. The van der Waals surface area contributed by atoms with Gasteiger partial charge in [0, 0.05) is 5.70 Å². The lowest BCUT2D eigenvalue weighted by Crippen LogP contribution is -2.04. The van der Waals surface area contributed by atoms with Gasteiger partial charge < -0.3 is 0 Å². The van der Waals surface area contributed by atoms with Gasteiger partial charge in [0.1, 0.15) is 0 Å². The van der Waals surface area contributed by atoms with E-state index in [2.05, 4.69) is 4.99 Å². The van der Waals surface area contributed by atoms with Crippen molar-refractivity contribution < 1.29 is 8.78 Å². The number of rotatable bonds is 3. The van der Waals surface area contributed by atoms with Gasteiger partial charge in [0.25, 0.3) is 6.43 Å². The molecule has 0 aliphatic heterocycles. The first-order valence-electron chi connectivity index (χ1n) is 4.95. The Morgan fingerprint density at radius 2 is 1.57 bits per heavy atom.